The minimum Gasteiger partial charge on any atom is -0.494 e. The van der Waals surface area contributed by atoms with E-state index in [4.69, 9.17) is 4.74 Å². The predicted molar refractivity (Wildman–Crippen MR) is 104 cm³/mol. The number of hydrogen-bond acceptors (Lipinski definition) is 7. The van der Waals surface area contributed by atoms with Gasteiger partial charge in [0.2, 0.25) is 5.91 Å². The molecule has 2 atom stereocenters. The third-order valence-corrected chi connectivity index (χ3v) is 4.63. The molecule has 2 aliphatic heterocycles. The lowest BCUT2D eigenvalue weighted by Gasteiger charge is -2.20. The van der Waals surface area contributed by atoms with E-state index in [1.807, 2.05) is 13.0 Å². The highest BCUT2D eigenvalue weighted by molar-refractivity contribution is 6.25. The largest absolute Gasteiger partial charge is 0.494 e. The standard InChI is InChI=1S/C20H19N5O4/c1-2-29-15-10-8-14(9-11-15)25-19(27)17-18(20(25)28)24(23-22-17)12-16(26)21-13-6-4-3-5-7-13/h3-11,17-18H,2,12H2,1H3,(H,21,26)/t17-,18+/m1/s1. The van der Waals surface area contributed by atoms with Gasteiger partial charge < -0.3 is 10.1 Å². The van der Waals surface area contributed by atoms with Crippen molar-refractivity contribution in [3.8, 4) is 5.75 Å². The average molecular weight is 393 g/mol. The number of ether oxygens (including phenoxy) is 1. The molecule has 0 unspecified atom stereocenters. The van der Waals surface area contributed by atoms with E-state index in [1.54, 1.807) is 48.5 Å². The highest BCUT2D eigenvalue weighted by atomic mass is 16.5. The molecule has 0 aromatic heterocycles. The molecule has 0 radical (unpaired) electrons. The van der Waals surface area contributed by atoms with Crippen LogP contribution in [-0.4, -0.2) is 48.0 Å². The first kappa shape index (κ1) is 18.6. The highest BCUT2D eigenvalue weighted by Gasteiger charge is 2.55. The van der Waals surface area contributed by atoms with Crippen molar-refractivity contribution in [3.63, 3.8) is 0 Å². The van der Waals surface area contributed by atoms with Gasteiger partial charge in [-0.3, -0.25) is 19.4 Å². The van der Waals surface area contributed by atoms with Crippen LogP contribution in [0, 0.1) is 0 Å². The summed E-state index contributed by atoms with van der Waals surface area (Å²) in [7, 11) is 0. The summed E-state index contributed by atoms with van der Waals surface area (Å²) in [5.74, 6) is -0.620. The zero-order valence-corrected chi connectivity index (χ0v) is 15.7. The van der Waals surface area contributed by atoms with Crippen molar-refractivity contribution in [3.05, 3.63) is 54.6 Å². The number of para-hydroxylation sites is 1. The molecule has 0 aliphatic carbocycles. The molecular weight excluding hydrogens is 374 g/mol. The molecule has 1 N–H and O–H groups in total. The molecule has 0 bridgehead atoms. The van der Waals surface area contributed by atoms with Crippen LogP contribution in [0.4, 0.5) is 11.4 Å². The summed E-state index contributed by atoms with van der Waals surface area (Å²) in [6, 6.07) is 13.8. The van der Waals surface area contributed by atoms with E-state index in [-0.39, 0.29) is 12.5 Å². The van der Waals surface area contributed by atoms with E-state index in [1.165, 1.54) is 5.01 Å². The second-order valence-electron chi connectivity index (χ2n) is 6.55. The predicted octanol–water partition coefficient (Wildman–Crippen LogP) is 2.02. The van der Waals surface area contributed by atoms with E-state index in [0.29, 0.717) is 23.7 Å². The second kappa shape index (κ2) is 7.70. The lowest BCUT2D eigenvalue weighted by Crippen LogP contribution is -2.43. The van der Waals surface area contributed by atoms with Gasteiger partial charge in [-0.1, -0.05) is 23.4 Å². The average Bonchev–Trinajstić information content (AvgIpc) is 3.23. The summed E-state index contributed by atoms with van der Waals surface area (Å²) in [4.78, 5) is 39.1. The van der Waals surface area contributed by atoms with Gasteiger partial charge in [0.25, 0.3) is 11.8 Å². The van der Waals surface area contributed by atoms with Gasteiger partial charge in [-0.15, -0.1) is 0 Å². The molecule has 3 amide bonds. The first-order chi connectivity index (χ1) is 14.1. The highest BCUT2D eigenvalue weighted by Crippen LogP contribution is 2.32. The molecule has 2 aromatic carbocycles. The van der Waals surface area contributed by atoms with Crippen LogP contribution in [0.25, 0.3) is 0 Å². The van der Waals surface area contributed by atoms with Gasteiger partial charge >= 0.3 is 0 Å². The molecule has 9 nitrogen and oxygen atoms in total. The molecule has 1 fully saturated rings. The molecule has 0 spiro atoms. The Morgan fingerprint density at radius 3 is 2.48 bits per heavy atom. The van der Waals surface area contributed by atoms with Crippen molar-refractivity contribution in [2.45, 2.75) is 19.0 Å². The summed E-state index contributed by atoms with van der Waals surface area (Å²) >= 11 is 0. The zero-order chi connectivity index (χ0) is 20.4. The number of imide groups is 1. The number of nitrogens with one attached hydrogen (secondary N) is 1. The maximum absolute atomic E-state index is 12.9. The van der Waals surface area contributed by atoms with Crippen LogP contribution in [0.3, 0.4) is 0 Å². The van der Waals surface area contributed by atoms with Crippen LogP contribution in [0.15, 0.2) is 64.9 Å². The fraction of sp³-hybridized carbons (Fsp3) is 0.250. The SMILES string of the molecule is CCOc1ccc(N2C(=O)[C@@H]3[C@@H](N=NN3CC(=O)Nc3ccccc3)C2=O)cc1. The molecule has 0 saturated carbocycles. The van der Waals surface area contributed by atoms with Crippen molar-refractivity contribution in [1.82, 2.24) is 5.01 Å². The van der Waals surface area contributed by atoms with E-state index in [0.717, 1.165) is 4.90 Å². The third kappa shape index (κ3) is 3.54. The Bertz CT molecular complexity index is 961. The van der Waals surface area contributed by atoms with Gasteiger partial charge in [0.05, 0.1) is 12.3 Å². The normalized spacial score (nSPS) is 20.2. The van der Waals surface area contributed by atoms with E-state index in [2.05, 4.69) is 15.7 Å². The molecule has 1 saturated heterocycles. The number of fused-ring (bicyclic) bond motifs is 1. The second-order valence-corrected chi connectivity index (χ2v) is 6.55. The number of carbonyl (C=O) groups is 3. The maximum atomic E-state index is 12.9. The minimum atomic E-state index is -0.946. The number of nitrogens with zero attached hydrogens (tertiary/aromatic N) is 4. The zero-order valence-electron chi connectivity index (χ0n) is 15.7. The van der Waals surface area contributed by atoms with Crippen LogP contribution in [0.2, 0.25) is 0 Å². The van der Waals surface area contributed by atoms with Crippen molar-refractivity contribution < 1.29 is 19.1 Å². The Labute approximate surface area is 166 Å². The van der Waals surface area contributed by atoms with Gasteiger partial charge in [0.1, 0.15) is 12.3 Å². The Kier molecular flexibility index (Phi) is 4.94. The number of anilines is 2. The smallest absolute Gasteiger partial charge is 0.263 e. The van der Waals surface area contributed by atoms with Gasteiger partial charge in [0, 0.05) is 5.69 Å². The van der Waals surface area contributed by atoms with Crippen LogP contribution in [0.5, 0.6) is 5.75 Å². The fourth-order valence-corrected chi connectivity index (χ4v) is 3.34. The molecular formula is C20H19N5O4. The van der Waals surface area contributed by atoms with Crippen LogP contribution < -0.4 is 15.0 Å². The van der Waals surface area contributed by atoms with E-state index < -0.39 is 23.9 Å². The first-order valence-corrected chi connectivity index (χ1v) is 9.21. The van der Waals surface area contributed by atoms with Crippen molar-refractivity contribution in [2.75, 3.05) is 23.4 Å². The maximum Gasteiger partial charge on any atom is 0.263 e. The van der Waals surface area contributed by atoms with Crippen molar-refractivity contribution in [1.29, 1.82) is 0 Å². The van der Waals surface area contributed by atoms with Crippen molar-refractivity contribution in [2.24, 2.45) is 10.3 Å². The van der Waals surface area contributed by atoms with Crippen LogP contribution in [0.1, 0.15) is 6.92 Å². The lowest BCUT2D eigenvalue weighted by atomic mass is 10.1. The van der Waals surface area contributed by atoms with Crippen LogP contribution in [-0.2, 0) is 14.4 Å². The summed E-state index contributed by atoms with van der Waals surface area (Å²) in [6.45, 7) is 2.21. The Hall–Kier alpha value is -3.75. The van der Waals surface area contributed by atoms with Gasteiger partial charge in [-0.2, -0.15) is 5.11 Å². The van der Waals surface area contributed by atoms with Gasteiger partial charge in [0.15, 0.2) is 12.1 Å². The Morgan fingerprint density at radius 1 is 1.07 bits per heavy atom. The molecule has 148 valence electrons. The number of amides is 3. The number of rotatable bonds is 6. The molecule has 9 heteroatoms. The number of benzene rings is 2. The fourth-order valence-electron chi connectivity index (χ4n) is 3.34. The molecule has 4 rings (SSSR count). The summed E-state index contributed by atoms with van der Waals surface area (Å²) in [5.41, 5.74) is 1.07. The Morgan fingerprint density at radius 2 is 1.79 bits per heavy atom. The first-order valence-electron chi connectivity index (χ1n) is 9.21. The van der Waals surface area contributed by atoms with Crippen molar-refractivity contribution >= 4 is 29.1 Å². The number of carbonyl (C=O) groups excluding carboxylic acids is 3. The monoisotopic (exact) mass is 393 g/mol. The van der Waals surface area contributed by atoms with E-state index >= 15 is 0 Å². The summed E-state index contributed by atoms with van der Waals surface area (Å²) in [5, 5.41) is 11.8. The molecule has 2 heterocycles. The summed E-state index contributed by atoms with van der Waals surface area (Å²) < 4.78 is 5.39. The van der Waals surface area contributed by atoms with Crippen LogP contribution >= 0.6 is 0 Å². The summed E-state index contributed by atoms with van der Waals surface area (Å²) in [6.07, 6.45) is 0. The topological polar surface area (TPSA) is 104 Å². The minimum absolute atomic E-state index is 0.185. The third-order valence-electron chi connectivity index (χ3n) is 4.63. The quantitative estimate of drug-likeness (QED) is 0.756. The molecule has 29 heavy (non-hydrogen) atoms. The molecule has 2 aromatic rings. The van der Waals surface area contributed by atoms with Gasteiger partial charge in [-0.05, 0) is 43.3 Å². The van der Waals surface area contributed by atoms with Gasteiger partial charge in [-0.25, -0.2) is 4.90 Å². The Balaban J connectivity index is 1.47. The lowest BCUT2D eigenvalue weighted by molar-refractivity contribution is -0.123. The number of hydrogen-bond donors (Lipinski definition) is 1. The molecule has 2 aliphatic rings. The van der Waals surface area contributed by atoms with E-state index in [9.17, 15) is 14.4 Å².